The molecule has 15 heavy (non-hydrogen) atoms. The fraction of sp³-hybridized carbons (Fsp3) is 0.500. The lowest BCUT2D eigenvalue weighted by Crippen LogP contribution is -1.98. The molecular weight excluding hydrogens is 256 g/mol. The van der Waals surface area contributed by atoms with Gasteiger partial charge in [0.1, 0.15) is 11.5 Å². The minimum atomic E-state index is 0.815. The monoisotopic (exact) mass is 270 g/mol. The van der Waals surface area contributed by atoms with Gasteiger partial charge in [-0.3, -0.25) is 0 Å². The van der Waals surface area contributed by atoms with Crippen molar-refractivity contribution in [3.8, 4) is 11.5 Å². The largest absolute Gasteiger partial charge is 0.497 e. The zero-order chi connectivity index (χ0) is 10.7. The molecule has 1 saturated carbocycles. The van der Waals surface area contributed by atoms with Crippen molar-refractivity contribution in [3.05, 3.63) is 22.7 Å². The fourth-order valence-electron chi connectivity index (χ4n) is 1.47. The van der Waals surface area contributed by atoms with Crippen molar-refractivity contribution in [1.29, 1.82) is 0 Å². The predicted molar refractivity (Wildman–Crippen MR) is 63.5 cm³/mol. The maximum atomic E-state index is 5.68. The molecule has 0 bridgehead atoms. The van der Waals surface area contributed by atoms with Crippen molar-refractivity contribution in [1.82, 2.24) is 0 Å². The van der Waals surface area contributed by atoms with Crippen LogP contribution >= 0.6 is 15.9 Å². The first-order valence-corrected chi connectivity index (χ1v) is 6.05. The first-order valence-electron chi connectivity index (χ1n) is 5.26. The summed E-state index contributed by atoms with van der Waals surface area (Å²) in [6, 6.07) is 5.78. The summed E-state index contributed by atoms with van der Waals surface area (Å²) in [5, 5.41) is 0. The summed E-state index contributed by atoms with van der Waals surface area (Å²) in [5.74, 6) is 2.66. The lowest BCUT2D eigenvalue weighted by Gasteiger charge is -2.08. The maximum Gasteiger partial charge on any atom is 0.133 e. The lowest BCUT2D eigenvalue weighted by molar-refractivity contribution is 0.300. The highest BCUT2D eigenvalue weighted by Crippen LogP contribution is 2.33. The molecule has 0 aromatic heterocycles. The minimum Gasteiger partial charge on any atom is -0.497 e. The second-order valence-corrected chi connectivity index (χ2v) is 4.73. The topological polar surface area (TPSA) is 18.5 Å². The maximum absolute atomic E-state index is 5.68. The van der Waals surface area contributed by atoms with Crippen LogP contribution in [0.5, 0.6) is 11.5 Å². The van der Waals surface area contributed by atoms with Gasteiger partial charge in [0.05, 0.1) is 18.2 Å². The second-order valence-electron chi connectivity index (χ2n) is 3.88. The van der Waals surface area contributed by atoms with Gasteiger partial charge >= 0.3 is 0 Å². The van der Waals surface area contributed by atoms with E-state index in [9.17, 15) is 0 Å². The van der Waals surface area contributed by atoms with Crippen LogP contribution < -0.4 is 9.47 Å². The Morgan fingerprint density at radius 2 is 2.20 bits per heavy atom. The molecule has 1 aromatic rings. The number of halogens is 1. The Morgan fingerprint density at radius 3 is 2.80 bits per heavy atom. The van der Waals surface area contributed by atoms with E-state index in [1.54, 1.807) is 7.11 Å². The summed E-state index contributed by atoms with van der Waals surface area (Å²) in [6.07, 6.45) is 3.94. The average Bonchev–Trinajstić information content (AvgIpc) is 3.04. The quantitative estimate of drug-likeness (QED) is 0.814. The van der Waals surface area contributed by atoms with Gasteiger partial charge in [0.25, 0.3) is 0 Å². The first kappa shape index (κ1) is 10.8. The van der Waals surface area contributed by atoms with E-state index in [2.05, 4.69) is 15.9 Å². The van der Waals surface area contributed by atoms with Crippen molar-refractivity contribution >= 4 is 15.9 Å². The molecule has 0 amide bonds. The van der Waals surface area contributed by atoms with E-state index in [-0.39, 0.29) is 0 Å². The third kappa shape index (κ3) is 3.13. The van der Waals surface area contributed by atoms with Crippen LogP contribution in [0.15, 0.2) is 22.7 Å². The summed E-state index contributed by atoms with van der Waals surface area (Å²) in [6.45, 7) is 0.815. The van der Waals surface area contributed by atoms with Gasteiger partial charge in [-0.25, -0.2) is 0 Å². The van der Waals surface area contributed by atoms with Gasteiger partial charge in [-0.1, -0.05) is 12.8 Å². The minimum absolute atomic E-state index is 0.815. The Bertz CT molecular complexity index is 334. The third-order valence-corrected chi connectivity index (χ3v) is 3.24. The van der Waals surface area contributed by atoms with Crippen LogP contribution in [0.1, 0.15) is 19.3 Å². The summed E-state index contributed by atoms with van der Waals surface area (Å²) >= 11 is 3.47. The number of benzene rings is 1. The molecule has 2 rings (SSSR count). The van der Waals surface area contributed by atoms with Crippen LogP contribution in [0.4, 0.5) is 0 Å². The molecule has 0 atom stereocenters. The molecular formula is C12H15BrO2. The van der Waals surface area contributed by atoms with E-state index in [0.717, 1.165) is 28.5 Å². The fourth-order valence-corrected chi connectivity index (χ4v) is 1.94. The Hall–Kier alpha value is -0.700. The normalized spacial score (nSPS) is 15.1. The predicted octanol–water partition coefficient (Wildman–Crippen LogP) is 3.64. The van der Waals surface area contributed by atoms with Crippen molar-refractivity contribution < 1.29 is 9.47 Å². The summed E-state index contributed by atoms with van der Waals surface area (Å²) < 4.78 is 11.8. The smallest absolute Gasteiger partial charge is 0.133 e. The highest BCUT2D eigenvalue weighted by molar-refractivity contribution is 9.10. The van der Waals surface area contributed by atoms with Crippen molar-refractivity contribution in [2.75, 3.05) is 13.7 Å². The van der Waals surface area contributed by atoms with Gasteiger partial charge < -0.3 is 9.47 Å². The highest BCUT2D eigenvalue weighted by Gasteiger charge is 2.20. The van der Waals surface area contributed by atoms with Gasteiger partial charge in [0.2, 0.25) is 0 Å². The Morgan fingerprint density at radius 1 is 1.40 bits per heavy atom. The molecule has 82 valence electrons. The number of methoxy groups -OCH3 is 1. The van der Waals surface area contributed by atoms with Crippen LogP contribution in [0, 0.1) is 5.92 Å². The van der Waals surface area contributed by atoms with Gasteiger partial charge in [-0.05, 0) is 46.5 Å². The highest BCUT2D eigenvalue weighted by atomic mass is 79.9. The molecule has 0 radical (unpaired) electrons. The van der Waals surface area contributed by atoms with Gasteiger partial charge in [0.15, 0.2) is 0 Å². The Labute approximate surface area is 98.7 Å². The molecule has 1 aliphatic carbocycles. The third-order valence-electron chi connectivity index (χ3n) is 2.62. The van der Waals surface area contributed by atoms with Crippen LogP contribution in [-0.4, -0.2) is 13.7 Å². The number of hydrogen-bond donors (Lipinski definition) is 0. The molecule has 2 nitrogen and oxygen atoms in total. The zero-order valence-electron chi connectivity index (χ0n) is 8.83. The van der Waals surface area contributed by atoms with Crippen LogP contribution in [-0.2, 0) is 0 Å². The van der Waals surface area contributed by atoms with Crippen LogP contribution in [0.2, 0.25) is 0 Å². The molecule has 1 fully saturated rings. The molecule has 0 saturated heterocycles. The summed E-state index contributed by atoms with van der Waals surface area (Å²) in [5.41, 5.74) is 0. The lowest BCUT2D eigenvalue weighted by atomic mass is 10.3. The molecule has 0 aliphatic heterocycles. The van der Waals surface area contributed by atoms with Crippen LogP contribution in [0.3, 0.4) is 0 Å². The number of rotatable bonds is 5. The van der Waals surface area contributed by atoms with E-state index in [4.69, 9.17) is 9.47 Å². The molecule has 1 aromatic carbocycles. The van der Waals surface area contributed by atoms with E-state index < -0.39 is 0 Å². The van der Waals surface area contributed by atoms with Gasteiger partial charge in [-0.2, -0.15) is 0 Å². The Kier molecular flexibility index (Phi) is 3.52. The molecule has 3 heteroatoms. The van der Waals surface area contributed by atoms with E-state index >= 15 is 0 Å². The van der Waals surface area contributed by atoms with Gasteiger partial charge in [-0.15, -0.1) is 0 Å². The van der Waals surface area contributed by atoms with Crippen molar-refractivity contribution in [2.24, 2.45) is 5.92 Å². The first-order chi connectivity index (χ1) is 7.29. The molecule has 1 aliphatic rings. The van der Waals surface area contributed by atoms with Crippen molar-refractivity contribution in [2.45, 2.75) is 19.3 Å². The standard InChI is InChI=1S/C12H15BrO2/c1-14-10-4-5-12(11(13)8-10)15-7-6-9-2-3-9/h4-5,8-9H,2-3,6-7H2,1H3. The molecule has 0 unspecified atom stereocenters. The van der Waals surface area contributed by atoms with Gasteiger partial charge in [0, 0.05) is 0 Å². The van der Waals surface area contributed by atoms with Crippen LogP contribution in [0.25, 0.3) is 0 Å². The Balaban J connectivity index is 1.88. The number of hydrogen-bond acceptors (Lipinski definition) is 2. The summed E-state index contributed by atoms with van der Waals surface area (Å²) in [4.78, 5) is 0. The second kappa shape index (κ2) is 4.88. The zero-order valence-corrected chi connectivity index (χ0v) is 10.4. The number of ether oxygens (including phenoxy) is 2. The molecule has 0 spiro atoms. The average molecular weight is 271 g/mol. The molecule has 0 N–H and O–H groups in total. The van der Waals surface area contributed by atoms with E-state index in [0.29, 0.717) is 0 Å². The van der Waals surface area contributed by atoms with E-state index in [1.807, 2.05) is 18.2 Å². The molecule has 0 heterocycles. The SMILES string of the molecule is COc1ccc(OCCC2CC2)c(Br)c1. The van der Waals surface area contributed by atoms with Crippen molar-refractivity contribution in [3.63, 3.8) is 0 Å². The van der Waals surface area contributed by atoms with E-state index in [1.165, 1.54) is 19.3 Å². The summed E-state index contributed by atoms with van der Waals surface area (Å²) in [7, 11) is 1.66.